The van der Waals surface area contributed by atoms with Crippen LogP contribution in [-0.2, 0) is 29.8 Å². The summed E-state index contributed by atoms with van der Waals surface area (Å²) in [7, 11) is 0. The third-order valence-electron chi connectivity index (χ3n) is 5.62. The number of hydrogen-bond acceptors (Lipinski definition) is 7. The van der Waals surface area contributed by atoms with E-state index in [1.165, 1.54) is 18.2 Å². The molecule has 1 aromatic rings. The van der Waals surface area contributed by atoms with Crippen LogP contribution in [0.2, 0.25) is 0 Å². The van der Waals surface area contributed by atoms with Crippen molar-refractivity contribution < 1.29 is 39.2 Å². The van der Waals surface area contributed by atoms with Gasteiger partial charge in [-0.25, -0.2) is 19.4 Å². The van der Waals surface area contributed by atoms with Gasteiger partial charge in [0.2, 0.25) is 5.91 Å². The Bertz CT molecular complexity index is 865. The number of hydrogen-bond donors (Lipinski definition) is 4. The molecule has 1 aromatic carbocycles. The molecular weight excluding hydrogens is 408 g/mol. The molecule has 2 aliphatic rings. The smallest absolute Gasteiger partial charge is 0.348 e. The maximum Gasteiger partial charge on any atom is 0.348 e. The van der Waals surface area contributed by atoms with Crippen LogP contribution >= 0.6 is 0 Å². The molecule has 1 fully saturated rings. The van der Waals surface area contributed by atoms with Crippen LogP contribution in [0.3, 0.4) is 0 Å². The molecule has 1 unspecified atom stereocenters. The van der Waals surface area contributed by atoms with Gasteiger partial charge < -0.3 is 20.8 Å². The summed E-state index contributed by atoms with van der Waals surface area (Å²) >= 11 is 0. The minimum atomic E-state index is -2.01. The number of carboxylic acids is 2. The third-order valence-corrected chi connectivity index (χ3v) is 5.62. The molecule has 0 saturated carbocycles. The Labute approximate surface area is 178 Å². The Morgan fingerprint density at radius 2 is 1.90 bits per heavy atom. The van der Waals surface area contributed by atoms with Crippen LogP contribution in [-0.4, -0.2) is 60.1 Å². The van der Waals surface area contributed by atoms with E-state index in [4.69, 9.17) is 9.99 Å². The number of benzene rings is 1. The van der Waals surface area contributed by atoms with E-state index < -0.39 is 29.9 Å². The second-order valence-corrected chi connectivity index (χ2v) is 7.74. The van der Waals surface area contributed by atoms with Gasteiger partial charge >= 0.3 is 11.9 Å². The largest absolute Gasteiger partial charge is 0.479 e. The van der Waals surface area contributed by atoms with Crippen LogP contribution in [0.25, 0.3) is 0 Å². The van der Waals surface area contributed by atoms with E-state index in [1.54, 1.807) is 0 Å². The van der Waals surface area contributed by atoms with Crippen molar-refractivity contribution in [3.63, 3.8) is 0 Å². The maximum atomic E-state index is 12.6. The Morgan fingerprint density at radius 3 is 2.58 bits per heavy atom. The molecule has 0 aromatic heterocycles. The summed E-state index contributed by atoms with van der Waals surface area (Å²) in [6, 6.07) is 4.40. The van der Waals surface area contributed by atoms with Crippen LogP contribution in [0.1, 0.15) is 53.6 Å². The van der Waals surface area contributed by atoms with Crippen molar-refractivity contribution in [3.8, 4) is 0 Å². The van der Waals surface area contributed by atoms with Gasteiger partial charge in [0.05, 0.1) is 6.54 Å². The van der Waals surface area contributed by atoms with E-state index in [0.29, 0.717) is 12.3 Å². The van der Waals surface area contributed by atoms with Gasteiger partial charge in [-0.15, -0.1) is 0 Å². The van der Waals surface area contributed by atoms with Crippen molar-refractivity contribution in [2.24, 2.45) is 5.92 Å². The summed E-state index contributed by atoms with van der Waals surface area (Å²) in [5.41, 5.74) is -1.60. The number of Topliss-reactive ketones (excluding diaryl/α,β-unsaturated/α-hetero) is 1. The first kappa shape index (κ1) is 22.9. The lowest BCUT2D eigenvalue weighted by Crippen LogP contribution is -2.31. The van der Waals surface area contributed by atoms with Gasteiger partial charge in [0, 0.05) is 23.1 Å². The zero-order valence-electron chi connectivity index (χ0n) is 17.0. The van der Waals surface area contributed by atoms with Crippen molar-refractivity contribution in [1.29, 1.82) is 0 Å². The SMILES string of the molecule is O=C(O)COOC1(C(=O)O)c2cccc(C(=O)CNC(=O)CCCC3CCNCC3)c21. The number of amides is 1. The predicted octanol–water partition coefficient (Wildman–Crippen LogP) is 0.830. The number of aliphatic carboxylic acids is 2. The normalized spacial score (nSPS) is 20.0. The summed E-state index contributed by atoms with van der Waals surface area (Å²) in [6.07, 6.45) is 4.28. The molecule has 1 atom stereocenters. The van der Waals surface area contributed by atoms with Crippen molar-refractivity contribution in [3.05, 3.63) is 34.9 Å². The summed E-state index contributed by atoms with van der Waals surface area (Å²) in [6.45, 7) is 0.902. The number of carbonyl (C=O) groups is 4. The number of piperidine rings is 1. The third kappa shape index (κ3) is 5.27. The number of ketones is 1. The molecule has 1 heterocycles. The maximum absolute atomic E-state index is 12.6. The topological polar surface area (TPSA) is 151 Å². The highest BCUT2D eigenvalue weighted by Gasteiger charge is 2.63. The second kappa shape index (κ2) is 9.99. The van der Waals surface area contributed by atoms with Gasteiger partial charge in [0.25, 0.3) is 5.60 Å². The first-order valence-corrected chi connectivity index (χ1v) is 10.3. The molecule has 1 saturated heterocycles. The summed E-state index contributed by atoms with van der Waals surface area (Å²) in [5, 5.41) is 24.1. The number of rotatable bonds is 12. The molecule has 4 N–H and O–H groups in total. The van der Waals surface area contributed by atoms with Gasteiger partial charge in [0.1, 0.15) is 0 Å². The fraction of sp³-hybridized carbons (Fsp3) is 0.524. The van der Waals surface area contributed by atoms with E-state index in [0.717, 1.165) is 38.8 Å². The minimum absolute atomic E-state index is 0.0915. The van der Waals surface area contributed by atoms with E-state index in [1.807, 2.05) is 0 Å². The van der Waals surface area contributed by atoms with Crippen molar-refractivity contribution in [2.75, 3.05) is 26.2 Å². The molecule has 1 amide bonds. The number of fused-ring (bicyclic) bond motifs is 1. The first-order chi connectivity index (χ1) is 14.9. The lowest BCUT2D eigenvalue weighted by atomic mass is 9.92. The lowest BCUT2D eigenvalue weighted by Gasteiger charge is -2.22. The molecular formula is C21H26N2O8. The molecule has 10 heteroatoms. The average molecular weight is 434 g/mol. The zero-order valence-corrected chi connectivity index (χ0v) is 17.0. The highest BCUT2D eigenvalue weighted by Crippen LogP contribution is 2.53. The number of carboxylic acid groups (broad SMARTS) is 2. The Kier molecular flexibility index (Phi) is 7.37. The minimum Gasteiger partial charge on any atom is -0.479 e. The van der Waals surface area contributed by atoms with Gasteiger partial charge in [0.15, 0.2) is 12.4 Å². The molecule has 1 aliphatic heterocycles. The molecule has 3 rings (SSSR count). The van der Waals surface area contributed by atoms with Gasteiger partial charge in [-0.3, -0.25) is 9.59 Å². The van der Waals surface area contributed by atoms with E-state index in [9.17, 15) is 24.3 Å². The van der Waals surface area contributed by atoms with Crippen LogP contribution in [0, 0.1) is 5.92 Å². The number of carbonyl (C=O) groups excluding carboxylic acids is 2. The highest BCUT2D eigenvalue weighted by molar-refractivity contribution is 6.07. The Hall–Kier alpha value is -2.82. The van der Waals surface area contributed by atoms with Crippen molar-refractivity contribution >= 4 is 23.6 Å². The van der Waals surface area contributed by atoms with Crippen LogP contribution < -0.4 is 10.6 Å². The Morgan fingerprint density at radius 1 is 1.16 bits per heavy atom. The Balaban J connectivity index is 1.52. The summed E-state index contributed by atoms with van der Waals surface area (Å²) in [4.78, 5) is 56.5. The van der Waals surface area contributed by atoms with Crippen LogP contribution in [0.5, 0.6) is 0 Å². The summed E-state index contributed by atoms with van der Waals surface area (Å²) in [5.74, 6) is -2.82. The molecule has 168 valence electrons. The first-order valence-electron chi connectivity index (χ1n) is 10.3. The van der Waals surface area contributed by atoms with Gasteiger partial charge in [-0.2, -0.15) is 0 Å². The molecule has 0 radical (unpaired) electrons. The zero-order chi connectivity index (χ0) is 22.4. The summed E-state index contributed by atoms with van der Waals surface area (Å²) < 4.78 is 0. The number of nitrogens with one attached hydrogen (secondary N) is 2. The van der Waals surface area contributed by atoms with Crippen LogP contribution in [0.4, 0.5) is 0 Å². The quantitative estimate of drug-likeness (QED) is 0.213. The van der Waals surface area contributed by atoms with Crippen LogP contribution in [0.15, 0.2) is 18.2 Å². The van der Waals surface area contributed by atoms with Gasteiger partial charge in [-0.1, -0.05) is 18.2 Å². The van der Waals surface area contributed by atoms with E-state index in [-0.39, 0.29) is 29.1 Å². The molecule has 31 heavy (non-hydrogen) atoms. The fourth-order valence-corrected chi connectivity index (χ4v) is 3.97. The monoisotopic (exact) mass is 434 g/mol. The van der Waals surface area contributed by atoms with Gasteiger partial charge in [-0.05, 0) is 44.7 Å². The van der Waals surface area contributed by atoms with Crippen molar-refractivity contribution in [2.45, 2.75) is 37.7 Å². The van der Waals surface area contributed by atoms with E-state index >= 15 is 0 Å². The predicted molar refractivity (Wildman–Crippen MR) is 106 cm³/mol. The van der Waals surface area contributed by atoms with E-state index in [2.05, 4.69) is 15.5 Å². The lowest BCUT2D eigenvalue weighted by molar-refractivity contribution is -0.333. The highest BCUT2D eigenvalue weighted by atomic mass is 17.2. The standard InChI is InChI=1S/C21H26N2O8/c24-16(11-23-17(25)6-1-3-13-7-9-22-10-8-13)14-4-2-5-15-19(14)21(15,20(28)29)31-30-12-18(26)27/h2,4-5,13,22H,1,3,6-12H2,(H,23,25)(H,26,27)(H,28,29). The molecule has 10 nitrogen and oxygen atoms in total. The fourth-order valence-electron chi connectivity index (χ4n) is 3.97. The molecule has 0 bridgehead atoms. The van der Waals surface area contributed by atoms with Crippen molar-refractivity contribution in [1.82, 2.24) is 10.6 Å². The second-order valence-electron chi connectivity index (χ2n) is 7.74. The molecule has 0 spiro atoms. The molecule has 1 aliphatic carbocycles. The average Bonchev–Trinajstić information content (AvgIpc) is 3.42.